The number of phenols is 1. The van der Waals surface area contributed by atoms with Gasteiger partial charge < -0.3 is 27.9 Å². The molecular weight excluding hydrogens is 190 g/mol. The minimum atomic E-state index is -0.498. The summed E-state index contributed by atoms with van der Waals surface area (Å²) in [5.41, 5.74) is 0.758. The van der Waals surface area contributed by atoms with Crippen LogP contribution in [0.4, 0.5) is 0 Å². The number of aliphatic hydroxyl groups excluding tert-OH is 1. The van der Waals surface area contributed by atoms with Gasteiger partial charge in [-0.15, -0.1) is 0 Å². The summed E-state index contributed by atoms with van der Waals surface area (Å²) in [6, 6.07) is 6.69. The number of hydrogen-bond donors (Lipinski definition) is 3. The zero-order valence-electron chi connectivity index (χ0n) is 7.44. The molecule has 0 heterocycles. The number of hydrogen-bond acceptors (Lipinski definition) is 2. The van der Waals surface area contributed by atoms with Crippen LogP contribution < -0.4 is 17.7 Å². The lowest BCUT2D eigenvalue weighted by atomic mass is 10.1. The predicted octanol–water partition coefficient (Wildman–Crippen LogP) is -3.38. The summed E-state index contributed by atoms with van der Waals surface area (Å²) in [5.74, 6) is 0.197. The van der Waals surface area contributed by atoms with Crippen LogP contribution in [0, 0.1) is 0 Å². The number of aliphatic hydroxyl groups is 1. The normalized spacial score (nSPS) is 11.8. The van der Waals surface area contributed by atoms with Crippen LogP contribution in [0.2, 0.25) is 0 Å². The van der Waals surface area contributed by atoms with Crippen LogP contribution in [0.15, 0.2) is 24.3 Å². The summed E-state index contributed by atoms with van der Waals surface area (Å²) < 4.78 is 0. The molecule has 0 aliphatic rings. The number of benzene rings is 1. The van der Waals surface area contributed by atoms with Gasteiger partial charge in [0.2, 0.25) is 0 Å². The lowest BCUT2D eigenvalue weighted by molar-refractivity contribution is -0.634. The van der Waals surface area contributed by atoms with Crippen molar-refractivity contribution in [2.45, 2.75) is 6.10 Å². The summed E-state index contributed by atoms with van der Waals surface area (Å²) in [6.07, 6.45) is -0.498. The van der Waals surface area contributed by atoms with Crippen molar-refractivity contribution in [1.82, 2.24) is 0 Å². The Balaban J connectivity index is 0.00000144. The van der Waals surface area contributed by atoms with Crippen molar-refractivity contribution in [3.63, 3.8) is 0 Å². The van der Waals surface area contributed by atoms with E-state index in [1.807, 2.05) is 12.4 Å². The molecule has 0 amide bonds. The first kappa shape index (κ1) is 12.2. The van der Waals surface area contributed by atoms with Gasteiger partial charge in [-0.1, -0.05) is 12.1 Å². The maximum Gasteiger partial charge on any atom is 0.128 e. The van der Waals surface area contributed by atoms with Gasteiger partial charge in [-0.25, -0.2) is 0 Å². The third-order valence-corrected chi connectivity index (χ3v) is 1.71. The highest BCUT2D eigenvalue weighted by Crippen LogP contribution is 2.16. The minimum Gasteiger partial charge on any atom is -1.00 e. The Bertz CT molecular complexity index is 255. The Morgan fingerprint density at radius 1 is 1.46 bits per heavy atom. The van der Waals surface area contributed by atoms with Crippen LogP contribution in [0.1, 0.15) is 11.7 Å². The van der Waals surface area contributed by atoms with E-state index in [4.69, 9.17) is 5.11 Å². The number of quaternary nitrogens is 1. The molecule has 4 heteroatoms. The van der Waals surface area contributed by atoms with Crippen molar-refractivity contribution in [2.75, 3.05) is 13.6 Å². The molecule has 0 aromatic heterocycles. The molecule has 0 fully saturated rings. The highest BCUT2D eigenvalue weighted by molar-refractivity contribution is 5.28. The summed E-state index contributed by atoms with van der Waals surface area (Å²) in [7, 11) is 1.89. The molecule has 0 aliphatic carbocycles. The maximum absolute atomic E-state index is 9.50. The monoisotopic (exact) mass is 203 g/mol. The highest BCUT2D eigenvalue weighted by atomic mass is 35.5. The van der Waals surface area contributed by atoms with E-state index in [9.17, 15) is 5.11 Å². The third kappa shape index (κ3) is 3.63. The number of rotatable bonds is 3. The molecule has 0 aliphatic heterocycles. The first-order chi connectivity index (χ1) is 5.74. The molecule has 74 valence electrons. The molecule has 1 aromatic rings. The lowest BCUT2D eigenvalue weighted by Gasteiger charge is -2.07. The van der Waals surface area contributed by atoms with Crippen LogP contribution in [0.5, 0.6) is 5.75 Å². The van der Waals surface area contributed by atoms with Crippen molar-refractivity contribution < 1.29 is 27.9 Å². The lowest BCUT2D eigenvalue weighted by Crippen LogP contribution is -3.00. The average molecular weight is 204 g/mol. The molecule has 0 bridgehead atoms. The van der Waals surface area contributed by atoms with E-state index < -0.39 is 6.10 Å². The van der Waals surface area contributed by atoms with E-state index in [1.165, 1.54) is 0 Å². The van der Waals surface area contributed by atoms with Gasteiger partial charge in [0.15, 0.2) is 0 Å². The fourth-order valence-electron chi connectivity index (χ4n) is 1.09. The fraction of sp³-hybridized carbons (Fsp3) is 0.333. The molecule has 1 atom stereocenters. The topological polar surface area (TPSA) is 57.1 Å². The number of halogens is 1. The smallest absolute Gasteiger partial charge is 0.128 e. The quantitative estimate of drug-likeness (QED) is 0.480. The highest BCUT2D eigenvalue weighted by Gasteiger charge is 2.07. The largest absolute Gasteiger partial charge is 1.00 e. The molecule has 0 unspecified atom stereocenters. The maximum atomic E-state index is 9.50. The van der Waals surface area contributed by atoms with Crippen LogP contribution in [-0.2, 0) is 0 Å². The predicted molar refractivity (Wildman–Crippen MR) is 45.8 cm³/mol. The first-order valence-corrected chi connectivity index (χ1v) is 3.99. The van der Waals surface area contributed by atoms with Gasteiger partial charge in [-0.3, -0.25) is 0 Å². The average Bonchev–Trinajstić information content (AvgIpc) is 2.05. The molecule has 0 spiro atoms. The Kier molecular flexibility index (Phi) is 5.46. The summed E-state index contributed by atoms with van der Waals surface area (Å²) in [6.45, 7) is 0.615. The van der Waals surface area contributed by atoms with E-state index in [-0.39, 0.29) is 18.2 Å². The van der Waals surface area contributed by atoms with Crippen molar-refractivity contribution >= 4 is 0 Å². The second kappa shape index (κ2) is 5.80. The Morgan fingerprint density at radius 3 is 2.69 bits per heavy atom. The van der Waals surface area contributed by atoms with Gasteiger partial charge in [-0.05, 0) is 17.7 Å². The van der Waals surface area contributed by atoms with E-state index >= 15 is 0 Å². The summed E-state index contributed by atoms with van der Waals surface area (Å²) in [4.78, 5) is 0. The Morgan fingerprint density at radius 2 is 2.15 bits per heavy atom. The van der Waals surface area contributed by atoms with E-state index in [2.05, 4.69) is 0 Å². The number of likely N-dealkylation sites (N-methyl/N-ethyl adjacent to an activating group) is 1. The van der Waals surface area contributed by atoms with Crippen LogP contribution in [0.25, 0.3) is 0 Å². The second-order valence-electron chi connectivity index (χ2n) is 2.75. The van der Waals surface area contributed by atoms with Gasteiger partial charge >= 0.3 is 0 Å². The molecular formula is C9H14ClNO2. The van der Waals surface area contributed by atoms with Crippen LogP contribution in [-0.4, -0.2) is 23.8 Å². The number of nitrogens with two attached hydrogens (primary N) is 1. The van der Waals surface area contributed by atoms with Gasteiger partial charge in [0, 0.05) is 0 Å². The van der Waals surface area contributed by atoms with Crippen molar-refractivity contribution in [3.05, 3.63) is 29.8 Å². The van der Waals surface area contributed by atoms with Crippen molar-refractivity contribution in [3.8, 4) is 5.75 Å². The standard InChI is InChI=1S/C9H13NO2.ClH/c1-10-6-9(12)7-3-2-4-8(11)5-7;/h2-5,9-12H,6H2,1H3;1H/t9-;/m0./s1. The molecule has 1 rings (SSSR count). The van der Waals surface area contributed by atoms with E-state index in [0.29, 0.717) is 6.54 Å². The van der Waals surface area contributed by atoms with Gasteiger partial charge in [-0.2, -0.15) is 0 Å². The Labute approximate surface area is 83.8 Å². The van der Waals surface area contributed by atoms with Crippen molar-refractivity contribution in [2.24, 2.45) is 0 Å². The van der Waals surface area contributed by atoms with Crippen molar-refractivity contribution in [1.29, 1.82) is 0 Å². The van der Waals surface area contributed by atoms with Crippen LogP contribution in [0.3, 0.4) is 0 Å². The first-order valence-electron chi connectivity index (χ1n) is 3.99. The second-order valence-corrected chi connectivity index (χ2v) is 2.75. The molecule has 0 radical (unpaired) electrons. The van der Waals surface area contributed by atoms with Gasteiger partial charge in [0.25, 0.3) is 0 Å². The molecule has 3 nitrogen and oxygen atoms in total. The van der Waals surface area contributed by atoms with Gasteiger partial charge in [0.05, 0.1) is 7.05 Å². The minimum absolute atomic E-state index is 0. The van der Waals surface area contributed by atoms with E-state index in [1.54, 1.807) is 24.3 Å². The van der Waals surface area contributed by atoms with Crippen LogP contribution >= 0.6 is 0 Å². The zero-order valence-corrected chi connectivity index (χ0v) is 8.20. The Hall–Kier alpha value is -0.770. The number of aromatic hydroxyl groups is 1. The third-order valence-electron chi connectivity index (χ3n) is 1.71. The molecule has 0 saturated heterocycles. The molecule has 13 heavy (non-hydrogen) atoms. The SMILES string of the molecule is C[NH2+]C[C@H](O)c1cccc(O)c1.[Cl-]. The number of phenolic OH excluding ortho intramolecular Hbond substituents is 1. The molecule has 4 N–H and O–H groups in total. The molecule has 1 aromatic carbocycles. The zero-order chi connectivity index (χ0) is 8.97. The van der Waals surface area contributed by atoms with E-state index in [0.717, 1.165) is 5.56 Å². The van der Waals surface area contributed by atoms with Gasteiger partial charge in [0.1, 0.15) is 18.4 Å². The summed E-state index contributed by atoms with van der Waals surface area (Å²) >= 11 is 0. The molecule has 0 saturated carbocycles. The fourth-order valence-corrected chi connectivity index (χ4v) is 1.09. The summed E-state index contributed by atoms with van der Waals surface area (Å²) in [5, 5.41) is 20.5.